The molecule has 0 fully saturated rings. The number of nitrogens with zero attached hydrogens (tertiary/aromatic N) is 3. The molecule has 0 spiro atoms. The van der Waals surface area contributed by atoms with Crippen LogP contribution in [-0.4, -0.2) is 45.6 Å². The van der Waals surface area contributed by atoms with Gasteiger partial charge in [0.05, 0.1) is 22.8 Å². The van der Waals surface area contributed by atoms with E-state index in [2.05, 4.69) is 28.2 Å². The quantitative estimate of drug-likeness (QED) is 0.0888. The lowest BCUT2D eigenvalue weighted by Crippen LogP contribution is -2.13. The van der Waals surface area contributed by atoms with Crippen LogP contribution < -0.4 is 10.1 Å². The minimum atomic E-state index is -0.966. The Bertz CT molecular complexity index is 1820. The number of aryl methyl sites for hydroxylation is 3. The van der Waals surface area contributed by atoms with Gasteiger partial charge in [-0.1, -0.05) is 52.7 Å². The molecule has 0 radical (unpaired) electrons. The van der Waals surface area contributed by atoms with E-state index in [4.69, 9.17) is 21.4 Å². The van der Waals surface area contributed by atoms with E-state index in [-0.39, 0.29) is 23.9 Å². The van der Waals surface area contributed by atoms with Gasteiger partial charge in [0.15, 0.2) is 0 Å². The number of benzene rings is 3. The van der Waals surface area contributed by atoms with E-state index in [0.29, 0.717) is 42.1 Å². The molecule has 0 unspecified atom stereocenters. The zero-order chi connectivity index (χ0) is 31.4. The zero-order valence-corrected chi connectivity index (χ0v) is 28.8. The number of carboxylic acids is 1. The summed E-state index contributed by atoms with van der Waals surface area (Å²) in [5.74, 6) is -0.585. The first-order valence-electron chi connectivity index (χ1n) is 14.9. The average molecular weight is 721 g/mol. The molecule has 5 rings (SSSR count). The summed E-state index contributed by atoms with van der Waals surface area (Å²) in [7, 11) is 3.85. The van der Waals surface area contributed by atoms with Crippen molar-refractivity contribution in [2.75, 3.05) is 20.2 Å². The van der Waals surface area contributed by atoms with Crippen LogP contribution >= 0.6 is 39.9 Å². The number of nitrogens with one attached hydrogen (secondary N) is 1. The van der Waals surface area contributed by atoms with Crippen molar-refractivity contribution < 1.29 is 19.0 Å². The van der Waals surface area contributed by atoms with E-state index in [1.165, 1.54) is 12.1 Å². The van der Waals surface area contributed by atoms with Crippen LogP contribution in [0, 0.1) is 5.82 Å². The standard InChI is InChI=1S/C34H37BrClFN4O3.ClH/c1-4-28-31(27(20-35)39-40(28)3)30-26(36)15-14-25-24(33(34(42)43)41(32(25)30)17-6-5-16-38-2)10-8-18-44-29-11-7-9-21-19-22(37)12-13-23(21)29;/h7,9,11-15,19,38H,4-6,8,10,16-18,20H2,1-3H3,(H,42,43);1H. The van der Waals surface area contributed by atoms with E-state index >= 15 is 0 Å². The van der Waals surface area contributed by atoms with Gasteiger partial charge in [0.2, 0.25) is 0 Å². The smallest absolute Gasteiger partial charge is 0.352 e. The molecule has 2 heterocycles. The molecule has 45 heavy (non-hydrogen) atoms. The normalized spacial score (nSPS) is 11.3. The van der Waals surface area contributed by atoms with Gasteiger partial charge >= 0.3 is 5.97 Å². The van der Waals surface area contributed by atoms with Crippen LogP contribution in [0.2, 0.25) is 5.02 Å². The maximum Gasteiger partial charge on any atom is 0.352 e. The van der Waals surface area contributed by atoms with Gasteiger partial charge in [-0.3, -0.25) is 4.68 Å². The predicted octanol–water partition coefficient (Wildman–Crippen LogP) is 8.58. The molecule has 7 nitrogen and oxygen atoms in total. The topological polar surface area (TPSA) is 81.3 Å². The molecule has 0 atom stereocenters. The Labute approximate surface area is 282 Å². The summed E-state index contributed by atoms with van der Waals surface area (Å²) < 4.78 is 23.7. The van der Waals surface area contributed by atoms with Crippen LogP contribution in [0.25, 0.3) is 32.8 Å². The number of aromatic nitrogens is 3. The highest BCUT2D eigenvalue weighted by Gasteiger charge is 2.28. The summed E-state index contributed by atoms with van der Waals surface area (Å²) >= 11 is 10.6. The van der Waals surface area contributed by atoms with Gasteiger partial charge in [0, 0.05) is 46.5 Å². The highest BCUT2D eigenvalue weighted by atomic mass is 79.9. The Morgan fingerprint density at radius 1 is 1.11 bits per heavy atom. The van der Waals surface area contributed by atoms with Crippen LogP contribution in [0.5, 0.6) is 5.75 Å². The van der Waals surface area contributed by atoms with Crippen LogP contribution in [0.4, 0.5) is 4.39 Å². The monoisotopic (exact) mass is 718 g/mol. The van der Waals surface area contributed by atoms with Crippen molar-refractivity contribution in [3.8, 4) is 16.9 Å². The van der Waals surface area contributed by atoms with Crippen molar-refractivity contribution >= 4 is 67.6 Å². The van der Waals surface area contributed by atoms with Crippen molar-refractivity contribution in [2.45, 2.75) is 50.9 Å². The van der Waals surface area contributed by atoms with Crippen molar-refractivity contribution in [1.29, 1.82) is 0 Å². The third-order valence-corrected chi connectivity index (χ3v) is 8.97. The number of unbranched alkanes of at least 4 members (excludes halogenated alkanes) is 1. The Morgan fingerprint density at radius 2 is 1.89 bits per heavy atom. The number of rotatable bonds is 14. The summed E-state index contributed by atoms with van der Waals surface area (Å²) in [6, 6.07) is 14.0. The number of carboxylic acid groups (broad SMARTS) is 1. The molecule has 240 valence electrons. The van der Waals surface area contributed by atoms with Gasteiger partial charge in [0.25, 0.3) is 0 Å². The molecule has 0 bridgehead atoms. The third kappa shape index (κ3) is 7.02. The number of fused-ring (bicyclic) bond motifs is 2. The maximum atomic E-state index is 13.7. The Kier molecular flexibility index (Phi) is 11.9. The minimum absolute atomic E-state index is 0. The van der Waals surface area contributed by atoms with E-state index in [0.717, 1.165) is 75.6 Å². The molecule has 2 N–H and O–H groups in total. The predicted molar refractivity (Wildman–Crippen MR) is 186 cm³/mol. The fourth-order valence-corrected chi connectivity index (χ4v) is 6.85. The molecule has 3 aromatic carbocycles. The van der Waals surface area contributed by atoms with Crippen molar-refractivity contribution in [1.82, 2.24) is 19.7 Å². The second-order valence-electron chi connectivity index (χ2n) is 10.9. The van der Waals surface area contributed by atoms with E-state index < -0.39 is 5.97 Å². The first-order chi connectivity index (χ1) is 21.3. The van der Waals surface area contributed by atoms with Gasteiger partial charge < -0.3 is 19.7 Å². The lowest BCUT2D eigenvalue weighted by Gasteiger charge is -2.14. The SMILES string of the molecule is CCc1c(-c2c(Cl)ccc3c(CCCOc4cccc5cc(F)ccc45)c(C(=O)O)n(CCCCNC)c23)c(CBr)nn1C.Cl. The summed E-state index contributed by atoms with van der Waals surface area (Å²) in [4.78, 5) is 13.0. The van der Waals surface area contributed by atoms with Crippen LogP contribution in [0.1, 0.15) is 53.6 Å². The van der Waals surface area contributed by atoms with Crippen molar-refractivity contribution in [3.63, 3.8) is 0 Å². The lowest BCUT2D eigenvalue weighted by atomic mass is 9.97. The highest BCUT2D eigenvalue weighted by molar-refractivity contribution is 9.08. The average Bonchev–Trinajstić information content (AvgIpc) is 3.50. The van der Waals surface area contributed by atoms with Gasteiger partial charge in [0.1, 0.15) is 17.3 Å². The van der Waals surface area contributed by atoms with Gasteiger partial charge in [-0.15, -0.1) is 12.4 Å². The molecule has 11 heteroatoms. The van der Waals surface area contributed by atoms with Crippen molar-refractivity contribution in [3.05, 3.63) is 82.0 Å². The summed E-state index contributed by atoms with van der Waals surface area (Å²) in [6.45, 7) is 3.85. The molecule has 0 aliphatic rings. The number of hydrogen-bond acceptors (Lipinski definition) is 4. The Morgan fingerprint density at radius 3 is 2.60 bits per heavy atom. The number of hydrogen-bond donors (Lipinski definition) is 2. The first-order valence-corrected chi connectivity index (χ1v) is 16.4. The van der Waals surface area contributed by atoms with E-state index in [9.17, 15) is 14.3 Å². The first kappa shape index (κ1) is 34.8. The fraction of sp³-hybridized carbons (Fsp3) is 0.353. The maximum absolute atomic E-state index is 13.7. The van der Waals surface area contributed by atoms with Crippen molar-refractivity contribution in [2.24, 2.45) is 7.05 Å². The largest absolute Gasteiger partial charge is 0.493 e. The molecular formula is C34H38BrCl2FN4O3. The summed E-state index contributed by atoms with van der Waals surface area (Å²) in [6.07, 6.45) is 3.55. The lowest BCUT2D eigenvalue weighted by molar-refractivity contribution is 0.0684. The fourth-order valence-electron chi connectivity index (χ4n) is 6.21. The third-order valence-electron chi connectivity index (χ3n) is 8.12. The van der Waals surface area contributed by atoms with Crippen LogP contribution in [0.15, 0.2) is 48.5 Å². The number of alkyl halides is 1. The molecule has 0 aliphatic carbocycles. The number of halogens is 4. The van der Waals surface area contributed by atoms with Gasteiger partial charge in [-0.25, -0.2) is 9.18 Å². The number of aromatic carboxylic acids is 1. The van der Waals surface area contributed by atoms with Gasteiger partial charge in [-0.2, -0.15) is 5.10 Å². The van der Waals surface area contributed by atoms with Gasteiger partial charge in [-0.05, 0) is 87.0 Å². The molecule has 2 aromatic heterocycles. The van der Waals surface area contributed by atoms with Crippen LogP contribution in [-0.2, 0) is 31.8 Å². The number of ether oxygens (including phenoxy) is 1. The molecule has 5 aromatic rings. The molecule has 0 saturated carbocycles. The zero-order valence-electron chi connectivity index (χ0n) is 25.6. The molecule has 0 saturated heterocycles. The second-order valence-corrected chi connectivity index (χ2v) is 11.8. The second kappa shape index (κ2) is 15.5. The number of carbonyl (C=O) groups is 1. The summed E-state index contributed by atoms with van der Waals surface area (Å²) in [5.41, 5.74) is 5.57. The van der Waals surface area contributed by atoms with Crippen LogP contribution in [0.3, 0.4) is 0 Å². The highest BCUT2D eigenvalue weighted by Crippen LogP contribution is 2.43. The summed E-state index contributed by atoms with van der Waals surface area (Å²) in [5, 5.41) is 22.1. The minimum Gasteiger partial charge on any atom is -0.493 e. The molecule has 0 aliphatic heterocycles. The Hall–Kier alpha value is -3.11. The molecular weight excluding hydrogens is 682 g/mol. The molecule has 0 amide bonds. The van der Waals surface area contributed by atoms with E-state index in [1.807, 2.05) is 53.7 Å². The van der Waals surface area contributed by atoms with E-state index in [1.54, 1.807) is 6.07 Å². The Balaban J connectivity index is 0.00000461.